The van der Waals surface area contributed by atoms with Crippen molar-refractivity contribution in [2.45, 2.75) is 43.4 Å². The number of phenolic OH excluding ortho intramolecular Hbond substituents is 1. The molecule has 1 rings (SSSR count). The fourth-order valence-electron chi connectivity index (χ4n) is 3.30. The second-order valence-electron chi connectivity index (χ2n) is 8.53. The number of carbonyl (C=O) groups excluding carboxylic acids is 4. The number of carboxylic acids is 1. The Morgan fingerprint density at radius 3 is 1.95 bits per heavy atom. The molecule has 13 N–H and O–H groups in total. The van der Waals surface area contributed by atoms with Gasteiger partial charge in [-0.3, -0.25) is 24.2 Å². The highest BCUT2D eigenvalue weighted by molar-refractivity contribution is 7.80. The van der Waals surface area contributed by atoms with Gasteiger partial charge in [-0.1, -0.05) is 12.1 Å². The first-order valence-corrected chi connectivity index (χ1v) is 12.7. The lowest BCUT2D eigenvalue weighted by Gasteiger charge is -2.25. The van der Waals surface area contributed by atoms with Crippen molar-refractivity contribution in [2.24, 2.45) is 22.2 Å². The van der Waals surface area contributed by atoms with Crippen LogP contribution in [0.25, 0.3) is 0 Å². The van der Waals surface area contributed by atoms with Crippen LogP contribution in [0.5, 0.6) is 5.75 Å². The van der Waals surface area contributed by atoms with Gasteiger partial charge in [0, 0.05) is 18.7 Å². The van der Waals surface area contributed by atoms with Crippen molar-refractivity contribution in [3.63, 3.8) is 0 Å². The normalized spacial score (nSPS) is 13.6. The fraction of sp³-hybridized carbons (Fsp3) is 0.478. The number of nitrogens with one attached hydrogen (secondary N) is 4. The molecule has 1 aromatic carbocycles. The monoisotopic (exact) mass is 584 g/mol. The number of amides is 4. The average molecular weight is 585 g/mol. The third kappa shape index (κ3) is 12.2. The minimum atomic E-state index is -1.54. The number of aliphatic hydroxyl groups excluding tert-OH is 1. The number of carbonyl (C=O) groups is 5. The Morgan fingerprint density at radius 1 is 0.875 bits per heavy atom. The Bertz CT molecular complexity index is 1050. The van der Waals surface area contributed by atoms with Gasteiger partial charge in [0.15, 0.2) is 5.96 Å². The summed E-state index contributed by atoms with van der Waals surface area (Å²) in [6.45, 7) is -1.11. The van der Waals surface area contributed by atoms with Crippen molar-refractivity contribution in [3.8, 4) is 5.75 Å². The van der Waals surface area contributed by atoms with Crippen LogP contribution in [-0.4, -0.2) is 100 Å². The number of aliphatic imine (C=N–C) groups is 1. The molecule has 0 saturated carbocycles. The predicted molar refractivity (Wildman–Crippen MR) is 147 cm³/mol. The van der Waals surface area contributed by atoms with E-state index >= 15 is 0 Å². The molecule has 0 radical (unpaired) electrons. The molecule has 4 atom stereocenters. The number of thiol groups is 1. The van der Waals surface area contributed by atoms with Crippen LogP contribution in [0.2, 0.25) is 0 Å². The zero-order valence-electron chi connectivity index (χ0n) is 21.6. The Kier molecular flexibility index (Phi) is 14.8. The molecule has 0 fully saturated rings. The lowest BCUT2D eigenvalue weighted by molar-refractivity contribution is -0.141. The molecule has 0 aliphatic rings. The van der Waals surface area contributed by atoms with Crippen LogP contribution >= 0.6 is 12.6 Å². The van der Waals surface area contributed by atoms with Crippen LogP contribution in [0.3, 0.4) is 0 Å². The van der Waals surface area contributed by atoms with E-state index in [0.29, 0.717) is 5.56 Å². The van der Waals surface area contributed by atoms with Crippen LogP contribution in [0, 0.1) is 0 Å². The molecular weight excluding hydrogens is 548 g/mol. The standard InChI is InChI=1S/C23H36N8O8S/c24-9-18(34)28-14(2-1-7-27-23(25)26)19(35)30-16(10-32)21(37)29-15(8-12-3-5-13(33)6-4-12)20(36)31-17(11-40)22(38)39/h3-6,14-17,32-33,40H,1-2,7-11,24H2,(H,28,34)(H,29,37)(H,30,35)(H,31,36)(H,38,39)(H4,25,26,27)/t14-,15-,16-,17-/m0/s1. The number of aliphatic hydroxyl groups is 1. The van der Waals surface area contributed by atoms with Crippen LogP contribution < -0.4 is 38.5 Å². The minimum absolute atomic E-state index is 0.0348. The van der Waals surface area contributed by atoms with Gasteiger partial charge in [-0.2, -0.15) is 12.6 Å². The summed E-state index contributed by atoms with van der Waals surface area (Å²) in [5.74, 6) is -5.04. The summed E-state index contributed by atoms with van der Waals surface area (Å²) in [5.41, 5.74) is 16.4. The maximum atomic E-state index is 13.0. The molecular formula is C23H36N8O8S. The molecule has 17 heteroatoms. The maximum absolute atomic E-state index is 13.0. The van der Waals surface area contributed by atoms with E-state index in [4.69, 9.17) is 17.2 Å². The van der Waals surface area contributed by atoms with Crippen molar-refractivity contribution in [1.82, 2.24) is 21.3 Å². The quantitative estimate of drug-likeness (QED) is 0.0362. The van der Waals surface area contributed by atoms with Crippen molar-refractivity contribution in [2.75, 3.05) is 25.4 Å². The molecule has 222 valence electrons. The van der Waals surface area contributed by atoms with Gasteiger partial charge < -0.3 is 53.8 Å². The molecule has 0 aromatic heterocycles. The number of carboxylic acid groups (broad SMARTS) is 1. The fourth-order valence-corrected chi connectivity index (χ4v) is 3.55. The van der Waals surface area contributed by atoms with E-state index in [1.807, 2.05) is 0 Å². The van der Waals surface area contributed by atoms with Gasteiger partial charge in [-0.05, 0) is 30.5 Å². The van der Waals surface area contributed by atoms with Crippen molar-refractivity contribution in [3.05, 3.63) is 29.8 Å². The number of aliphatic carboxylic acids is 1. The SMILES string of the molecule is NCC(=O)N[C@@H](CCCN=C(N)N)C(=O)N[C@@H](CO)C(=O)N[C@@H](Cc1ccc(O)cc1)C(=O)N[C@@H](CS)C(=O)O. The maximum Gasteiger partial charge on any atom is 0.327 e. The van der Waals surface area contributed by atoms with Crippen LogP contribution in [0.15, 0.2) is 29.3 Å². The van der Waals surface area contributed by atoms with Crippen molar-refractivity contribution >= 4 is 48.2 Å². The van der Waals surface area contributed by atoms with E-state index in [-0.39, 0.29) is 43.3 Å². The zero-order chi connectivity index (χ0) is 30.2. The summed E-state index contributed by atoms with van der Waals surface area (Å²) in [6.07, 6.45) is 0.227. The number of nitrogens with two attached hydrogens (primary N) is 3. The molecule has 16 nitrogen and oxygen atoms in total. The molecule has 40 heavy (non-hydrogen) atoms. The minimum Gasteiger partial charge on any atom is -0.508 e. The number of aromatic hydroxyl groups is 1. The molecule has 1 aromatic rings. The second-order valence-corrected chi connectivity index (χ2v) is 8.90. The Hall–Kier alpha value is -4.09. The summed E-state index contributed by atoms with van der Waals surface area (Å²) in [4.78, 5) is 65.7. The summed E-state index contributed by atoms with van der Waals surface area (Å²) in [7, 11) is 0. The van der Waals surface area contributed by atoms with Crippen LogP contribution in [0.4, 0.5) is 0 Å². The van der Waals surface area contributed by atoms with E-state index in [1.54, 1.807) is 0 Å². The number of rotatable bonds is 17. The first-order chi connectivity index (χ1) is 18.9. The number of guanidine groups is 1. The lowest BCUT2D eigenvalue weighted by atomic mass is 10.0. The van der Waals surface area contributed by atoms with Gasteiger partial charge in [-0.15, -0.1) is 0 Å². The second kappa shape index (κ2) is 17.5. The van der Waals surface area contributed by atoms with Crippen LogP contribution in [-0.2, 0) is 30.4 Å². The highest BCUT2D eigenvalue weighted by atomic mass is 32.1. The number of benzene rings is 1. The molecule has 0 unspecified atom stereocenters. The van der Waals surface area contributed by atoms with Gasteiger partial charge in [0.1, 0.15) is 29.9 Å². The Labute approximate surface area is 235 Å². The predicted octanol–water partition coefficient (Wildman–Crippen LogP) is -4.11. The average Bonchev–Trinajstić information content (AvgIpc) is 2.91. The summed E-state index contributed by atoms with van der Waals surface area (Å²) >= 11 is 3.91. The van der Waals surface area contributed by atoms with E-state index in [1.165, 1.54) is 24.3 Å². The van der Waals surface area contributed by atoms with Gasteiger partial charge in [-0.25, -0.2) is 4.79 Å². The summed E-state index contributed by atoms with van der Waals surface area (Å²) < 4.78 is 0. The van der Waals surface area contributed by atoms with E-state index in [9.17, 15) is 39.3 Å². The highest BCUT2D eigenvalue weighted by Crippen LogP contribution is 2.12. The number of nitrogens with zero attached hydrogens (tertiary/aromatic N) is 1. The van der Waals surface area contributed by atoms with Gasteiger partial charge >= 0.3 is 5.97 Å². The molecule has 0 aliphatic heterocycles. The first-order valence-electron chi connectivity index (χ1n) is 12.1. The van der Waals surface area contributed by atoms with E-state index < -0.39 is 66.9 Å². The molecule has 0 bridgehead atoms. The Balaban J connectivity index is 3.05. The smallest absolute Gasteiger partial charge is 0.327 e. The lowest BCUT2D eigenvalue weighted by Crippen LogP contribution is -2.59. The molecule has 0 saturated heterocycles. The van der Waals surface area contributed by atoms with Gasteiger partial charge in [0.05, 0.1) is 13.2 Å². The Morgan fingerprint density at radius 2 is 1.43 bits per heavy atom. The molecule has 0 spiro atoms. The number of hydrogen-bond donors (Lipinski definition) is 11. The third-order valence-corrected chi connectivity index (χ3v) is 5.77. The van der Waals surface area contributed by atoms with Crippen molar-refractivity contribution < 1.29 is 39.3 Å². The number of hydrogen-bond acceptors (Lipinski definition) is 10. The van der Waals surface area contributed by atoms with Gasteiger partial charge in [0.2, 0.25) is 23.6 Å². The topological polar surface area (TPSA) is 285 Å². The van der Waals surface area contributed by atoms with E-state index in [2.05, 4.69) is 38.9 Å². The summed E-state index contributed by atoms with van der Waals surface area (Å²) in [5, 5.41) is 38.0. The molecule has 0 heterocycles. The number of phenols is 1. The zero-order valence-corrected chi connectivity index (χ0v) is 22.5. The van der Waals surface area contributed by atoms with Crippen molar-refractivity contribution in [1.29, 1.82) is 0 Å². The largest absolute Gasteiger partial charge is 0.508 e. The highest BCUT2D eigenvalue weighted by Gasteiger charge is 2.31. The van der Waals surface area contributed by atoms with Gasteiger partial charge in [0.25, 0.3) is 0 Å². The molecule has 0 aliphatic carbocycles. The van der Waals surface area contributed by atoms with Crippen LogP contribution in [0.1, 0.15) is 18.4 Å². The third-order valence-electron chi connectivity index (χ3n) is 5.40. The molecule has 4 amide bonds. The van der Waals surface area contributed by atoms with E-state index in [0.717, 1.165) is 0 Å². The summed E-state index contributed by atoms with van der Waals surface area (Å²) in [6, 6.07) is 0.332. The first kappa shape index (κ1) is 33.9.